The molecule has 80 valence electrons. The predicted octanol–water partition coefficient (Wildman–Crippen LogP) is 3.61. The van der Waals surface area contributed by atoms with Gasteiger partial charge in [-0.2, -0.15) is 0 Å². The maximum absolute atomic E-state index is 11.3. The number of hydrogen-bond acceptors (Lipinski definition) is 2. The zero-order valence-corrected chi connectivity index (χ0v) is 10.2. The van der Waals surface area contributed by atoms with Crippen molar-refractivity contribution in [3.8, 4) is 5.75 Å². The number of benzene rings is 1. The smallest absolute Gasteiger partial charge is 0.163 e. The Bertz CT molecular complexity index is 372. The zero-order chi connectivity index (χ0) is 11.3. The third-order valence-corrected chi connectivity index (χ3v) is 2.39. The summed E-state index contributed by atoms with van der Waals surface area (Å²) in [7, 11) is 0. The van der Waals surface area contributed by atoms with Crippen LogP contribution in [0.25, 0.3) is 0 Å². The molecule has 1 aromatic rings. The lowest BCUT2D eigenvalue weighted by atomic mass is 10.1. The predicted molar refractivity (Wildman–Crippen MR) is 64.5 cm³/mol. The minimum absolute atomic E-state index is 0.00454. The minimum atomic E-state index is 0.00454. The number of rotatable bonds is 5. The summed E-state index contributed by atoms with van der Waals surface area (Å²) in [5.41, 5.74) is 0.605. The first-order valence-electron chi connectivity index (χ1n) is 4.69. The molecule has 0 atom stereocenters. The lowest BCUT2D eigenvalue weighted by molar-refractivity contribution is 0.101. The van der Waals surface area contributed by atoms with Gasteiger partial charge in [0.2, 0.25) is 0 Å². The number of halogens is 1. The van der Waals surface area contributed by atoms with Gasteiger partial charge < -0.3 is 4.74 Å². The van der Waals surface area contributed by atoms with Gasteiger partial charge in [-0.15, -0.1) is 6.58 Å². The highest BCUT2D eigenvalue weighted by Gasteiger charge is 2.08. The SMILES string of the molecule is C=CCCOc1ccc(Br)cc1C(C)=O. The van der Waals surface area contributed by atoms with Crippen molar-refractivity contribution >= 4 is 21.7 Å². The van der Waals surface area contributed by atoms with E-state index < -0.39 is 0 Å². The fourth-order valence-corrected chi connectivity index (χ4v) is 1.52. The van der Waals surface area contributed by atoms with E-state index in [1.54, 1.807) is 18.2 Å². The molecule has 0 N–H and O–H groups in total. The molecule has 0 heterocycles. The van der Waals surface area contributed by atoms with E-state index in [1.807, 2.05) is 6.07 Å². The third-order valence-electron chi connectivity index (χ3n) is 1.90. The van der Waals surface area contributed by atoms with Gasteiger partial charge in [-0.3, -0.25) is 4.79 Å². The molecule has 0 saturated carbocycles. The Morgan fingerprint density at radius 1 is 1.60 bits per heavy atom. The normalized spacial score (nSPS) is 9.73. The number of hydrogen-bond donors (Lipinski definition) is 0. The molecule has 0 radical (unpaired) electrons. The second kappa shape index (κ2) is 5.71. The van der Waals surface area contributed by atoms with Crippen LogP contribution < -0.4 is 4.74 Å². The number of Topliss-reactive ketones (excluding diaryl/α,β-unsaturated/α-hetero) is 1. The van der Waals surface area contributed by atoms with E-state index in [2.05, 4.69) is 22.5 Å². The van der Waals surface area contributed by atoms with Crippen LogP contribution >= 0.6 is 15.9 Å². The first kappa shape index (κ1) is 12.0. The van der Waals surface area contributed by atoms with Gasteiger partial charge in [-0.25, -0.2) is 0 Å². The highest BCUT2D eigenvalue weighted by Crippen LogP contribution is 2.23. The Hall–Kier alpha value is -1.09. The van der Waals surface area contributed by atoms with Crippen molar-refractivity contribution in [1.29, 1.82) is 0 Å². The van der Waals surface area contributed by atoms with Crippen LogP contribution in [0.15, 0.2) is 35.3 Å². The molecule has 0 saturated heterocycles. The van der Waals surface area contributed by atoms with Crippen LogP contribution in [0, 0.1) is 0 Å². The van der Waals surface area contributed by atoms with Crippen molar-refractivity contribution in [3.05, 3.63) is 40.9 Å². The Morgan fingerprint density at radius 2 is 2.33 bits per heavy atom. The fourth-order valence-electron chi connectivity index (χ4n) is 1.16. The zero-order valence-electron chi connectivity index (χ0n) is 8.63. The van der Waals surface area contributed by atoms with E-state index in [0.29, 0.717) is 17.9 Å². The Morgan fingerprint density at radius 3 is 2.93 bits per heavy atom. The monoisotopic (exact) mass is 268 g/mol. The third kappa shape index (κ3) is 3.51. The molecule has 0 bridgehead atoms. The quantitative estimate of drug-likeness (QED) is 0.463. The van der Waals surface area contributed by atoms with E-state index in [1.165, 1.54) is 6.92 Å². The molecule has 0 aliphatic heterocycles. The van der Waals surface area contributed by atoms with Gasteiger partial charge in [0.25, 0.3) is 0 Å². The van der Waals surface area contributed by atoms with Gasteiger partial charge in [0.05, 0.1) is 12.2 Å². The van der Waals surface area contributed by atoms with Crippen molar-refractivity contribution < 1.29 is 9.53 Å². The molecular weight excluding hydrogens is 256 g/mol. The topological polar surface area (TPSA) is 26.3 Å². The van der Waals surface area contributed by atoms with Crippen LogP contribution in [0.1, 0.15) is 23.7 Å². The first-order chi connectivity index (χ1) is 7.15. The molecule has 0 aliphatic carbocycles. The molecule has 2 nitrogen and oxygen atoms in total. The number of carbonyl (C=O) groups is 1. The van der Waals surface area contributed by atoms with Gasteiger partial charge >= 0.3 is 0 Å². The summed E-state index contributed by atoms with van der Waals surface area (Å²) in [6.07, 6.45) is 2.56. The molecular formula is C12H13BrO2. The highest BCUT2D eigenvalue weighted by molar-refractivity contribution is 9.10. The molecule has 0 spiro atoms. The van der Waals surface area contributed by atoms with Gasteiger partial charge in [0, 0.05) is 4.47 Å². The summed E-state index contributed by atoms with van der Waals surface area (Å²) in [4.78, 5) is 11.3. The number of carbonyl (C=O) groups excluding carboxylic acids is 1. The molecule has 0 aromatic heterocycles. The largest absolute Gasteiger partial charge is 0.493 e. The van der Waals surface area contributed by atoms with Crippen LogP contribution in [0.4, 0.5) is 0 Å². The van der Waals surface area contributed by atoms with Crippen LogP contribution in [-0.4, -0.2) is 12.4 Å². The van der Waals surface area contributed by atoms with E-state index in [4.69, 9.17) is 4.74 Å². The Labute approximate surface area is 98.1 Å². The summed E-state index contributed by atoms with van der Waals surface area (Å²) in [6, 6.07) is 5.42. The van der Waals surface area contributed by atoms with Gasteiger partial charge in [-0.05, 0) is 31.5 Å². The lowest BCUT2D eigenvalue weighted by Crippen LogP contribution is -2.02. The van der Waals surface area contributed by atoms with Crippen molar-refractivity contribution in [2.45, 2.75) is 13.3 Å². The molecule has 0 amide bonds. The van der Waals surface area contributed by atoms with Gasteiger partial charge in [0.1, 0.15) is 5.75 Å². The summed E-state index contributed by atoms with van der Waals surface area (Å²) >= 11 is 3.32. The minimum Gasteiger partial charge on any atom is -0.493 e. The molecule has 0 unspecified atom stereocenters. The standard InChI is InChI=1S/C12H13BrO2/c1-3-4-7-15-12-6-5-10(13)8-11(12)9(2)14/h3,5-6,8H,1,4,7H2,2H3. The van der Waals surface area contributed by atoms with Crippen LogP contribution in [0.5, 0.6) is 5.75 Å². The van der Waals surface area contributed by atoms with Crippen molar-refractivity contribution in [1.82, 2.24) is 0 Å². The average Bonchev–Trinajstić information content (AvgIpc) is 2.20. The summed E-state index contributed by atoms with van der Waals surface area (Å²) in [5.74, 6) is 0.637. The fraction of sp³-hybridized carbons (Fsp3) is 0.250. The number of ether oxygens (including phenoxy) is 1. The van der Waals surface area contributed by atoms with Crippen molar-refractivity contribution in [2.75, 3.05) is 6.61 Å². The molecule has 0 fully saturated rings. The first-order valence-corrected chi connectivity index (χ1v) is 5.48. The second-order valence-electron chi connectivity index (χ2n) is 3.12. The Kier molecular flexibility index (Phi) is 4.56. The summed E-state index contributed by atoms with van der Waals surface area (Å²) in [5, 5.41) is 0. The van der Waals surface area contributed by atoms with Crippen LogP contribution in [0.2, 0.25) is 0 Å². The maximum Gasteiger partial charge on any atom is 0.163 e. The van der Waals surface area contributed by atoms with E-state index in [0.717, 1.165) is 10.9 Å². The van der Waals surface area contributed by atoms with Gasteiger partial charge in [-0.1, -0.05) is 22.0 Å². The maximum atomic E-state index is 11.3. The van der Waals surface area contributed by atoms with Crippen molar-refractivity contribution in [3.63, 3.8) is 0 Å². The number of ketones is 1. The molecule has 1 aromatic carbocycles. The Balaban J connectivity index is 2.85. The molecule has 15 heavy (non-hydrogen) atoms. The summed E-state index contributed by atoms with van der Waals surface area (Å²) in [6.45, 7) is 5.69. The van der Waals surface area contributed by atoms with Crippen molar-refractivity contribution in [2.24, 2.45) is 0 Å². The van der Waals surface area contributed by atoms with Crippen LogP contribution in [-0.2, 0) is 0 Å². The molecule has 0 aliphatic rings. The van der Waals surface area contributed by atoms with E-state index in [9.17, 15) is 4.79 Å². The highest BCUT2D eigenvalue weighted by atomic mass is 79.9. The van der Waals surface area contributed by atoms with Gasteiger partial charge in [0.15, 0.2) is 5.78 Å². The summed E-state index contributed by atoms with van der Waals surface area (Å²) < 4.78 is 6.36. The van der Waals surface area contributed by atoms with Crippen LogP contribution in [0.3, 0.4) is 0 Å². The van der Waals surface area contributed by atoms with E-state index >= 15 is 0 Å². The second-order valence-corrected chi connectivity index (χ2v) is 4.04. The average molecular weight is 269 g/mol. The molecule has 1 rings (SSSR count). The molecule has 3 heteroatoms. The van der Waals surface area contributed by atoms with E-state index in [-0.39, 0.29) is 5.78 Å². The lowest BCUT2D eigenvalue weighted by Gasteiger charge is -2.08.